The predicted octanol–water partition coefficient (Wildman–Crippen LogP) is -1.59. The predicted molar refractivity (Wildman–Crippen MR) is 138 cm³/mol. The molecule has 222 valence electrons. The highest BCUT2D eigenvalue weighted by Gasteiger charge is 2.49. The number of hydrogen-bond donors (Lipinski definition) is 9. The lowest BCUT2D eigenvalue weighted by Gasteiger charge is -2.36. The molecule has 5 rings (SSSR count). The third-order valence-corrected chi connectivity index (χ3v) is 7.06. The van der Waals surface area contributed by atoms with Crippen LogP contribution in [0.25, 0.3) is 5.69 Å². The van der Waals surface area contributed by atoms with Gasteiger partial charge in [-0.25, -0.2) is 4.68 Å². The number of phenols is 4. The zero-order valence-corrected chi connectivity index (χ0v) is 21.7. The number of phenolic OH excluding ortho intramolecular Hbond substituents is 4. The van der Waals surface area contributed by atoms with E-state index >= 15 is 0 Å². The molecule has 1 aromatic heterocycles. The van der Waals surface area contributed by atoms with Gasteiger partial charge in [0, 0.05) is 24.3 Å². The summed E-state index contributed by atoms with van der Waals surface area (Å²) in [4.78, 5) is 40.5. The number of piperidine rings is 1. The zero-order valence-electron chi connectivity index (χ0n) is 21.7. The summed E-state index contributed by atoms with van der Waals surface area (Å²) >= 11 is 0. The Balaban J connectivity index is 1.64. The average Bonchev–Trinajstić information content (AvgIpc) is 3.34. The molecule has 1 saturated heterocycles. The lowest BCUT2D eigenvalue weighted by molar-refractivity contribution is -0.188. The van der Waals surface area contributed by atoms with Gasteiger partial charge in [0.1, 0.15) is 5.69 Å². The SMILES string of the molecule is COc1c(O)c(O)c(-n2nc(C(N)=O)c3c2C(=O)N(c2ccc(N4CCCC(O)(O)C4=O)cc2)CC3(O)O)c(O)c1O. The number of fused-ring (bicyclic) bond motifs is 1. The molecule has 17 nitrogen and oxygen atoms in total. The summed E-state index contributed by atoms with van der Waals surface area (Å²) in [5.41, 5.74) is 2.35. The second-order valence-corrected chi connectivity index (χ2v) is 9.73. The maximum Gasteiger partial charge on any atom is 0.286 e. The summed E-state index contributed by atoms with van der Waals surface area (Å²) in [5.74, 6) is -14.0. The van der Waals surface area contributed by atoms with Crippen LogP contribution in [0.5, 0.6) is 28.7 Å². The highest BCUT2D eigenvalue weighted by atomic mass is 16.5. The van der Waals surface area contributed by atoms with Gasteiger partial charge in [0.25, 0.3) is 17.7 Å². The Kier molecular flexibility index (Phi) is 6.42. The first-order chi connectivity index (χ1) is 19.6. The molecule has 0 spiro atoms. The van der Waals surface area contributed by atoms with E-state index in [1.54, 1.807) is 0 Å². The Morgan fingerprint density at radius 2 is 1.45 bits per heavy atom. The quantitative estimate of drug-likeness (QED) is 0.0926. The number of primary amides is 1. The van der Waals surface area contributed by atoms with E-state index in [9.17, 15) is 55.2 Å². The third kappa shape index (κ3) is 4.10. The van der Waals surface area contributed by atoms with Gasteiger partial charge in [-0.2, -0.15) is 5.10 Å². The Morgan fingerprint density at radius 1 is 0.905 bits per heavy atom. The summed E-state index contributed by atoms with van der Waals surface area (Å²) in [6.45, 7) is -0.673. The fraction of sp³-hybridized carbons (Fsp3) is 0.280. The van der Waals surface area contributed by atoms with Crippen LogP contribution in [0, 0.1) is 0 Å². The minimum atomic E-state index is -2.98. The fourth-order valence-electron chi connectivity index (χ4n) is 5.06. The first-order valence-electron chi connectivity index (χ1n) is 12.2. The molecule has 1 fully saturated rings. The zero-order chi connectivity index (χ0) is 30.9. The van der Waals surface area contributed by atoms with Crippen LogP contribution in [0.3, 0.4) is 0 Å². The number of carbonyl (C=O) groups is 3. The molecule has 0 unspecified atom stereocenters. The van der Waals surface area contributed by atoms with Crippen molar-refractivity contribution in [3.8, 4) is 34.4 Å². The van der Waals surface area contributed by atoms with Crippen molar-refractivity contribution >= 4 is 29.1 Å². The van der Waals surface area contributed by atoms with Crippen molar-refractivity contribution in [1.29, 1.82) is 0 Å². The number of aromatic hydroxyl groups is 4. The number of nitrogens with two attached hydrogens (primary N) is 1. The smallest absolute Gasteiger partial charge is 0.286 e. The Morgan fingerprint density at radius 3 is 1.98 bits per heavy atom. The van der Waals surface area contributed by atoms with Crippen molar-refractivity contribution in [2.24, 2.45) is 5.73 Å². The maximum atomic E-state index is 13.8. The van der Waals surface area contributed by atoms with Gasteiger partial charge < -0.3 is 61.1 Å². The van der Waals surface area contributed by atoms with Crippen LogP contribution in [0.2, 0.25) is 0 Å². The third-order valence-electron chi connectivity index (χ3n) is 7.06. The van der Waals surface area contributed by atoms with Crippen molar-refractivity contribution in [3.05, 3.63) is 41.2 Å². The molecule has 3 heterocycles. The van der Waals surface area contributed by atoms with Crippen molar-refractivity contribution in [2.75, 3.05) is 30.0 Å². The normalized spacial score (nSPS) is 17.7. The lowest BCUT2D eigenvalue weighted by atomic mass is 9.96. The van der Waals surface area contributed by atoms with Gasteiger partial charge in [0.15, 0.2) is 22.9 Å². The summed E-state index contributed by atoms with van der Waals surface area (Å²) in [6.07, 6.45) is 0.156. The summed E-state index contributed by atoms with van der Waals surface area (Å²) < 4.78 is 5.17. The number of hydrogen-bond acceptors (Lipinski definition) is 13. The number of β-amino-alcohol motifs (C(OH)–C–C–N with tert-alkyl or cyclic N) is 2. The van der Waals surface area contributed by atoms with Crippen LogP contribution in [0.1, 0.15) is 39.4 Å². The molecule has 17 heteroatoms. The number of benzene rings is 2. The van der Waals surface area contributed by atoms with Crippen molar-refractivity contribution in [3.63, 3.8) is 0 Å². The summed E-state index contributed by atoms with van der Waals surface area (Å²) in [6, 6.07) is 5.39. The number of amides is 3. The van der Waals surface area contributed by atoms with Gasteiger partial charge in [0.2, 0.25) is 28.8 Å². The van der Waals surface area contributed by atoms with Crippen LogP contribution < -0.4 is 20.3 Å². The molecule has 10 N–H and O–H groups in total. The second-order valence-electron chi connectivity index (χ2n) is 9.73. The number of carbonyl (C=O) groups excluding carboxylic acids is 3. The minimum absolute atomic E-state index is 0.0350. The van der Waals surface area contributed by atoms with Gasteiger partial charge in [0.05, 0.1) is 19.2 Å². The standard InChI is InChI=1S/C25H25N5O12/c1-42-20-18(33)16(31)15(17(32)19(20)34)30-14-12(13(27-30)21(26)35)25(40,41)9-29(22(14)36)11-5-3-10(4-6-11)28-8-2-7-24(38,39)23(28)37/h3-6,31-34,38-41H,2,7-9H2,1H3,(H2,26,35). The maximum absolute atomic E-state index is 13.8. The molecule has 0 saturated carbocycles. The van der Waals surface area contributed by atoms with E-state index in [-0.39, 0.29) is 24.3 Å². The van der Waals surface area contributed by atoms with Gasteiger partial charge in [-0.05, 0) is 30.7 Å². The van der Waals surface area contributed by atoms with E-state index in [0.29, 0.717) is 11.1 Å². The Labute approximate surface area is 235 Å². The number of methoxy groups -OCH3 is 1. The van der Waals surface area contributed by atoms with Gasteiger partial charge in [-0.1, -0.05) is 0 Å². The van der Waals surface area contributed by atoms with Crippen molar-refractivity contribution in [2.45, 2.75) is 24.4 Å². The molecular formula is C25H25N5O12. The number of aromatic nitrogens is 2. The molecule has 2 aliphatic rings. The van der Waals surface area contributed by atoms with E-state index in [0.717, 1.165) is 16.9 Å². The Bertz CT molecular complexity index is 1620. The molecule has 0 bridgehead atoms. The van der Waals surface area contributed by atoms with E-state index in [1.807, 2.05) is 0 Å². The largest absolute Gasteiger partial charge is 0.503 e. The van der Waals surface area contributed by atoms with E-state index in [1.165, 1.54) is 24.3 Å². The van der Waals surface area contributed by atoms with Crippen LogP contribution in [0.4, 0.5) is 11.4 Å². The van der Waals surface area contributed by atoms with E-state index in [2.05, 4.69) is 5.10 Å². The highest BCUT2D eigenvalue weighted by molar-refractivity contribution is 6.10. The molecule has 2 aliphatic heterocycles. The molecule has 42 heavy (non-hydrogen) atoms. The fourth-order valence-corrected chi connectivity index (χ4v) is 5.06. The highest BCUT2D eigenvalue weighted by Crippen LogP contribution is 2.53. The molecular weight excluding hydrogens is 562 g/mol. The van der Waals surface area contributed by atoms with E-state index in [4.69, 9.17) is 10.5 Å². The number of anilines is 2. The number of rotatable bonds is 5. The van der Waals surface area contributed by atoms with Gasteiger partial charge >= 0.3 is 0 Å². The lowest BCUT2D eigenvalue weighted by Crippen LogP contribution is -2.53. The van der Waals surface area contributed by atoms with Crippen molar-refractivity contribution in [1.82, 2.24) is 9.78 Å². The number of nitrogens with zero attached hydrogens (tertiary/aromatic N) is 4. The van der Waals surface area contributed by atoms with Crippen LogP contribution in [0.15, 0.2) is 24.3 Å². The van der Waals surface area contributed by atoms with Crippen molar-refractivity contribution < 1.29 is 60.0 Å². The van der Waals surface area contributed by atoms with Gasteiger partial charge in [-0.3, -0.25) is 14.4 Å². The summed E-state index contributed by atoms with van der Waals surface area (Å²) in [7, 11) is 1.01. The van der Waals surface area contributed by atoms with Crippen LogP contribution in [-0.4, -0.2) is 94.3 Å². The average molecular weight is 587 g/mol. The van der Waals surface area contributed by atoms with E-state index < -0.39 is 87.2 Å². The summed E-state index contributed by atoms with van der Waals surface area (Å²) in [5, 5.41) is 87.5. The second kappa shape index (κ2) is 9.48. The molecule has 3 amide bonds. The number of ether oxygens (including phenoxy) is 1. The molecule has 0 atom stereocenters. The van der Waals surface area contributed by atoms with Gasteiger partial charge in [-0.15, -0.1) is 0 Å². The first-order valence-corrected chi connectivity index (χ1v) is 12.2. The molecule has 0 aliphatic carbocycles. The Hall–Kier alpha value is -5.10. The number of aliphatic hydroxyl groups is 4. The molecule has 0 radical (unpaired) electrons. The minimum Gasteiger partial charge on any atom is -0.503 e. The topological polar surface area (TPSA) is 273 Å². The first kappa shape index (κ1) is 28.4. The monoisotopic (exact) mass is 587 g/mol. The molecule has 2 aromatic carbocycles. The van der Waals surface area contributed by atoms with Crippen LogP contribution in [-0.2, 0) is 10.6 Å². The molecule has 3 aromatic rings. The van der Waals surface area contributed by atoms with Crippen LogP contribution >= 0.6 is 0 Å².